The number of halogens is 1. The molecule has 0 amide bonds. The summed E-state index contributed by atoms with van der Waals surface area (Å²) in [7, 11) is 0. The first-order valence-electron chi connectivity index (χ1n) is 9.56. The number of pyridine rings is 1. The molecule has 0 saturated carbocycles. The lowest BCUT2D eigenvalue weighted by Crippen LogP contribution is -2.32. The average Bonchev–Trinajstić information content (AvgIpc) is 2.97. The molecule has 1 aromatic rings. The number of carbonyl (C=O) groups is 1. The highest BCUT2D eigenvalue weighted by molar-refractivity contribution is 5.74. The van der Waals surface area contributed by atoms with Gasteiger partial charge in [0.1, 0.15) is 12.2 Å². The van der Waals surface area contributed by atoms with Crippen LogP contribution in [0.3, 0.4) is 0 Å². The number of carbonyl (C=O) groups excluding carboxylic acids is 1. The number of hydrogen-bond acceptors (Lipinski definition) is 4. The van der Waals surface area contributed by atoms with Gasteiger partial charge in [0.05, 0.1) is 6.61 Å². The number of aryl methyl sites for hydroxylation is 1. The van der Waals surface area contributed by atoms with Gasteiger partial charge in [-0.2, -0.15) is 0 Å². The lowest BCUT2D eigenvalue weighted by molar-refractivity contribution is -0.147. The molecule has 1 aromatic heterocycles. The third-order valence-electron chi connectivity index (χ3n) is 4.90. The highest BCUT2D eigenvalue weighted by atomic mass is 19.1. The summed E-state index contributed by atoms with van der Waals surface area (Å²) < 4.78 is 20.1. The van der Waals surface area contributed by atoms with Gasteiger partial charge in [-0.25, -0.2) is 9.18 Å². The first-order chi connectivity index (χ1) is 12.3. The van der Waals surface area contributed by atoms with E-state index < -0.39 is 12.2 Å². The molecule has 2 atom stereocenters. The zero-order valence-corrected chi connectivity index (χ0v) is 16.3. The van der Waals surface area contributed by atoms with E-state index in [0.717, 1.165) is 30.6 Å². The van der Waals surface area contributed by atoms with Crippen molar-refractivity contribution in [2.75, 3.05) is 26.2 Å². The molecule has 0 spiro atoms. The number of aromatic nitrogens is 1. The Morgan fingerprint density at radius 1 is 1.42 bits per heavy atom. The van der Waals surface area contributed by atoms with E-state index in [1.165, 1.54) is 4.57 Å². The molecule has 2 rings (SSSR count). The predicted octanol–water partition coefficient (Wildman–Crippen LogP) is 2.89. The van der Waals surface area contributed by atoms with Gasteiger partial charge in [0.15, 0.2) is 0 Å². The highest BCUT2D eigenvalue weighted by Crippen LogP contribution is 2.20. The second-order valence-corrected chi connectivity index (χ2v) is 7.56. The summed E-state index contributed by atoms with van der Waals surface area (Å²) >= 11 is 0. The molecular formula is C20H31FN2O3. The van der Waals surface area contributed by atoms with Crippen molar-refractivity contribution >= 4 is 5.97 Å². The highest BCUT2D eigenvalue weighted by Gasteiger charge is 2.25. The number of rotatable bonds is 8. The zero-order chi connectivity index (χ0) is 19.3. The molecule has 0 aromatic carbocycles. The Morgan fingerprint density at radius 2 is 2.15 bits per heavy atom. The normalized spacial score (nSPS) is 19.1. The third kappa shape index (κ3) is 5.40. The number of alkyl halides is 1. The molecule has 2 heterocycles. The van der Waals surface area contributed by atoms with Gasteiger partial charge >= 0.3 is 5.97 Å². The van der Waals surface area contributed by atoms with Crippen LogP contribution in [0.5, 0.6) is 0 Å². The molecule has 5 nitrogen and oxygen atoms in total. The summed E-state index contributed by atoms with van der Waals surface area (Å²) in [5.41, 5.74) is 1.74. The van der Waals surface area contributed by atoms with Gasteiger partial charge in [-0.3, -0.25) is 4.79 Å². The average molecular weight is 366 g/mol. The van der Waals surface area contributed by atoms with Crippen LogP contribution in [0.1, 0.15) is 50.8 Å². The van der Waals surface area contributed by atoms with Crippen LogP contribution in [-0.4, -0.2) is 47.8 Å². The van der Waals surface area contributed by atoms with Crippen LogP contribution in [0.2, 0.25) is 0 Å². The van der Waals surface area contributed by atoms with Crippen LogP contribution >= 0.6 is 0 Å². The number of esters is 1. The molecule has 1 aliphatic heterocycles. The summed E-state index contributed by atoms with van der Waals surface area (Å²) in [6, 6.07) is 0.980. The summed E-state index contributed by atoms with van der Waals surface area (Å²) in [4.78, 5) is 27.0. The summed E-state index contributed by atoms with van der Waals surface area (Å²) in [6.45, 7) is 10.0. The first-order valence-corrected chi connectivity index (χ1v) is 9.56. The molecule has 0 aliphatic carbocycles. The number of hydrogen-bond donors (Lipinski definition) is 0. The lowest BCUT2D eigenvalue weighted by atomic mass is 10.0. The van der Waals surface area contributed by atoms with E-state index >= 15 is 0 Å². The van der Waals surface area contributed by atoms with Gasteiger partial charge in [-0.1, -0.05) is 13.8 Å². The molecule has 1 aliphatic rings. The lowest BCUT2D eigenvalue weighted by Gasteiger charge is -2.22. The molecule has 6 heteroatoms. The van der Waals surface area contributed by atoms with E-state index in [9.17, 15) is 14.0 Å². The second kappa shape index (κ2) is 9.31. The van der Waals surface area contributed by atoms with Crippen molar-refractivity contribution in [2.24, 2.45) is 5.92 Å². The Bertz CT molecular complexity index is 672. The summed E-state index contributed by atoms with van der Waals surface area (Å²) in [5.74, 6) is -0.106. The van der Waals surface area contributed by atoms with Crippen molar-refractivity contribution in [2.45, 2.75) is 59.2 Å². The minimum absolute atomic E-state index is 0.185. The van der Waals surface area contributed by atoms with Gasteiger partial charge < -0.3 is 14.2 Å². The Balaban J connectivity index is 2.23. The maximum Gasteiger partial charge on any atom is 0.329 e. The van der Waals surface area contributed by atoms with Gasteiger partial charge in [-0.15, -0.1) is 0 Å². The van der Waals surface area contributed by atoms with Crippen molar-refractivity contribution in [3.05, 3.63) is 33.7 Å². The van der Waals surface area contributed by atoms with Crippen molar-refractivity contribution in [1.29, 1.82) is 0 Å². The molecule has 1 saturated heterocycles. The molecule has 0 bridgehead atoms. The maximum absolute atomic E-state index is 13.3. The van der Waals surface area contributed by atoms with Gasteiger partial charge in [0.2, 0.25) is 0 Å². The Labute approximate surface area is 155 Å². The summed E-state index contributed by atoms with van der Waals surface area (Å²) in [6.07, 6.45) is 2.94. The number of nitrogens with zero attached hydrogens (tertiary/aromatic N) is 2. The third-order valence-corrected chi connectivity index (χ3v) is 4.90. The van der Waals surface area contributed by atoms with E-state index in [1.807, 2.05) is 20.8 Å². The Hall–Kier alpha value is -1.69. The SMILES string of the molecule is CCOC(=O)C(CC(C)C)n1cc(CCN2CC[C@@H](F)C2)c(C)cc1=O. The molecular weight excluding hydrogens is 335 g/mol. The van der Waals surface area contributed by atoms with Gasteiger partial charge in [0, 0.05) is 31.9 Å². The quantitative estimate of drug-likeness (QED) is 0.664. The minimum atomic E-state index is -0.732. The standard InChI is InChI=1S/C20H31FN2O3/c1-5-26-20(25)18(10-14(2)3)23-12-16(15(4)11-19(23)24)6-8-22-9-7-17(21)13-22/h11-12,14,17-18H,5-10,13H2,1-4H3/t17-,18?/m1/s1. The summed E-state index contributed by atoms with van der Waals surface area (Å²) in [5, 5.41) is 0. The number of likely N-dealkylation sites (tertiary alicyclic amines) is 1. The maximum atomic E-state index is 13.3. The van der Waals surface area contributed by atoms with E-state index in [4.69, 9.17) is 4.74 Å². The Kier molecular flexibility index (Phi) is 7.38. The zero-order valence-electron chi connectivity index (χ0n) is 16.3. The van der Waals surface area contributed by atoms with Crippen molar-refractivity contribution < 1.29 is 13.9 Å². The fourth-order valence-electron chi connectivity index (χ4n) is 3.47. The smallest absolute Gasteiger partial charge is 0.329 e. The van der Waals surface area contributed by atoms with Crippen LogP contribution in [0.15, 0.2) is 17.1 Å². The molecule has 0 radical (unpaired) electrons. The van der Waals surface area contributed by atoms with Gasteiger partial charge in [-0.05, 0) is 50.2 Å². The van der Waals surface area contributed by atoms with E-state index in [0.29, 0.717) is 26.0 Å². The molecule has 26 heavy (non-hydrogen) atoms. The second-order valence-electron chi connectivity index (χ2n) is 7.56. The van der Waals surface area contributed by atoms with Crippen LogP contribution in [-0.2, 0) is 16.0 Å². The van der Waals surface area contributed by atoms with E-state index in [2.05, 4.69) is 4.90 Å². The largest absolute Gasteiger partial charge is 0.464 e. The minimum Gasteiger partial charge on any atom is -0.464 e. The predicted molar refractivity (Wildman–Crippen MR) is 100 cm³/mol. The fourth-order valence-corrected chi connectivity index (χ4v) is 3.47. The molecule has 146 valence electrons. The van der Waals surface area contributed by atoms with Crippen LogP contribution < -0.4 is 5.56 Å². The van der Waals surface area contributed by atoms with E-state index in [-0.39, 0.29) is 17.4 Å². The van der Waals surface area contributed by atoms with Crippen LogP contribution in [0, 0.1) is 12.8 Å². The first kappa shape index (κ1) is 20.6. The molecule has 1 unspecified atom stereocenters. The topological polar surface area (TPSA) is 51.5 Å². The van der Waals surface area contributed by atoms with Crippen molar-refractivity contribution in [3.63, 3.8) is 0 Å². The molecule has 0 N–H and O–H groups in total. The number of ether oxygens (including phenoxy) is 1. The van der Waals surface area contributed by atoms with Crippen LogP contribution in [0.4, 0.5) is 4.39 Å². The fraction of sp³-hybridized carbons (Fsp3) is 0.700. The van der Waals surface area contributed by atoms with E-state index in [1.54, 1.807) is 19.2 Å². The monoisotopic (exact) mass is 366 g/mol. The van der Waals surface area contributed by atoms with Gasteiger partial charge in [0.25, 0.3) is 5.56 Å². The van der Waals surface area contributed by atoms with Crippen molar-refractivity contribution in [1.82, 2.24) is 9.47 Å². The molecule has 1 fully saturated rings. The van der Waals surface area contributed by atoms with Crippen LogP contribution in [0.25, 0.3) is 0 Å². The van der Waals surface area contributed by atoms with Crippen molar-refractivity contribution in [3.8, 4) is 0 Å². The Morgan fingerprint density at radius 3 is 2.73 bits per heavy atom.